The van der Waals surface area contributed by atoms with E-state index >= 15 is 0 Å². The van der Waals surface area contributed by atoms with Crippen LogP contribution in [0, 0.1) is 5.92 Å². The number of aliphatic hydroxyl groups is 1. The maximum Gasteiger partial charge on any atom is 0.321 e. The molecule has 0 aliphatic carbocycles. The molecule has 0 saturated heterocycles. The third-order valence-corrected chi connectivity index (χ3v) is 6.45. The molecule has 0 bridgehead atoms. The van der Waals surface area contributed by atoms with Gasteiger partial charge in [0.05, 0.1) is 19.2 Å². The molecule has 4 rings (SSSR count). The minimum absolute atomic E-state index is 0.126. The first kappa shape index (κ1) is 25.2. The molecule has 1 aliphatic rings. The van der Waals surface area contributed by atoms with E-state index in [1.165, 1.54) is 0 Å². The van der Waals surface area contributed by atoms with Crippen LogP contribution in [0.4, 0.5) is 10.5 Å². The number of carbonyl (C=O) groups is 2. The molecule has 1 aromatic heterocycles. The van der Waals surface area contributed by atoms with E-state index in [2.05, 4.69) is 10.3 Å². The molecule has 8 heteroatoms. The number of pyridine rings is 1. The summed E-state index contributed by atoms with van der Waals surface area (Å²) < 4.78 is 6.30. The van der Waals surface area contributed by atoms with Crippen molar-refractivity contribution in [1.82, 2.24) is 14.8 Å². The topological polar surface area (TPSA) is 95.0 Å². The minimum atomic E-state index is -0.424. The molecular formula is C28H32N4O4. The van der Waals surface area contributed by atoms with Crippen molar-refractivity contribution >= 4 is 17.6 Å². The fourth-order valence-electron chi connectivity index (χ4n) is 4.20. The third-order valence-electron chi connectivity index (χ3n) is 6.45. The largest absolute Gasteiger partial charge is 0.472 e. The summed E-state index contributed by atoms with van der Waals surface area (Å²) in [5, 5.41) is 12.7. The molecule has 0 saturated carbocycles. The van der Waals surface area contributed by atoms with Crippen molar-refractivity contribution in [2.75, 3.05) is 32.1 Å². The van der Waals surface area contributed by atoms with Crippen molar-refractivity contribution in [3.05, 3.63) is 78.5 Å². The standard InChI is InChI=1S/C28H32N4O4/c1-19-16-32(20(2)18-33)27(34)24-14-22(21-10-6-4-7-11-21)15-29-26(24)36-25(19)17-31(3)28(35)30-23-12-8-5-9-13-23/h4-15,19-20,25,33H,16-18H2,1-3H3,(H,30,35)/t19-,20-,25+/m1/s1. The summed E-state index contributed by atoms with van der Waals surface area (Å²) in [4.78, 5) is 34.1. The highest BCUT2D eigenvalue weighted by Crippen LogP contribution is 2.30. The van der Waals surface area contributed by atoms with E-state index in [1.54, 1.807) is 29.1 Å². The summed E-state index contributed by atoms with van der Waals surface area (Å²) >= 11 is 0. The molecule has 0 radical (unpaired) electrons. The lowest BCUT2D eigenvalue weighted by molar-refractivity contribution is 0.0356. The number of aliphatic hydroxyl groups excluding tert-OH is 1. The predicted octanol–water partition coefficient (Wildman–Crippen LogP) is 4.13. The molecule has 3 atom stereocenters. The van der Waals surface area contributed by atoms with Crippen molar-refractivity contribution in [2.45, 2.75) is 26.0 Å². The number of hydrogen-bond donors (Lipinski definition) is 2. The summed E-state index contributed by atoms with van der Waals surface area (Å²) in [7, 11) is 1.71. The molecule has 1 aliphatic heterocycles. The molecule has 3 aromatic rings. The highest BCUT2D eigenvalue weighted by molar-refractivity contribution is 5.98. The Bertz CT molecular complexity index is 1190. The maximum absolute atomic E-state index is 13.6. The Hall–Kier alpha value is -3.91. The molecule has 0 unspecified atom stereocenters. The average molecular weight is 489 g/mol. The van der Waals surface area contributed by atoms with Crippen LogP contribution in [-0.2, 0) is 0 Å². The van der Waals surface area contributed by atoms with Crippen LogP contribution >= 0.6 is 0 Å². The van der Waals surface area contributed by atoms with Gasteiger partial charge in [0, 0.05) is 37.0 Å². The van der Waals surface area contributed by atoms with Gasteiger partial charge in [0.15, 0.2) is 0 Å². The predicted molar refractivity (Wildman–Crippen MR) is 139 cm³/mol. The first-order chi connectivity index (χ1) is 17.4. The molecule has 2 aromatic carbocycles. The molecule has 3 amide bonds. The number of benzene rings is 2. The Labute approximate surface area is 211 Å². The second kappa shape index (κ2) is 11.2. The van der Waals surface area contributed by atoms with Gasteiger partial charge in [-0.1, -0.05) is 55.5 Å². The average Bonchev–Trinajstić information content (AvgIpc) is 2.91. The number of nitrogens with one attached hydrogen (secondary N) is 1. The minimum Gasteiger partial charge on any atom is -0.472 e. The van der Waals surface area contributed by atoms with Crippen LogP contribution in [-0.4, -0.2) is 70.7 Å². The fraction of sp³-hybridized carbons (Fsp3) is 0.321. The van der Waals surface area contributed by atoms with E-state index < -0.39 is 6.10 Å². The number of likely N-dealkylation sites (N-methyl/N-ethyl adjacent to an activating group) is 1. The SMILES string of the molecule is C[C@@H]1CN([C@H](C)CO)C(=O)c2cc(-c3ccccc3)cnc2O[C@H]1CN(C)C(=O)Nc1ccccc1. The van der Waals surface area contributed by atoms with Gasteiger partial charge in [-0.25, -0.2) is 9.78 Å². The van der Waals surface area contributed by atoms with Gasteiger partial charge in [0.2, 0.25) is 5.88 Å². The van der Waals surface area contributed by atoms with E-state index in [1.807, 2.05) is 74.5 Å². The normalized spacial score (nSPS) is 18.3. The molecule has 8 nitrogen and oxygen atoms in total. The molecule has 0 fully saturated rings. The van der Waals surface area contributed by atoms with Gasteiger partial charge in [-0.05, 0) is 30.7 Å². The third kappa shape index (κ3) is 5.66. The van der Waals surface area contributed by atoms with Gasteiger partial charge in [-0.3, -0.25) is 4.79 Å². The second-order valence-electron chi connectivity index (χ2n) is 9.24. The zero-order chi connectivity index (χ0) is 25.7. The van der Waals surface area contributed by atoms with Crippen LogP contribution < -0.4 is 10.1 Å². The molecule has 36 heavy (non-hydrogen) atoms. The first-order valence-electron chi connectivity index (χ1n) is 12.1. The number of nitrogens with zero attached hydrogens (tertiary/aromatic N) is 3. The highest BCUT2D eigenvalue weighted by atomic mass is 16.5. The van der Waals surface area contributed by atoms with Gasteiger partial charge in [-0.2, -0.15) is 0 Å². The Balaban J connectivity index is 1.62. The van der Waals surface area contributed by atoms with Gasteiger partial charge in [0.25, 0.3) is 5.91 Å². The van der Waals surface area contributed by atoms with E-state index in [0.717, 1.165) is 11.1 Å². The summed E-state index contributed by atoms with van der Waals surface area (Å²) in [5.74, 6) is -0.140. The summed E-state index contributed by atoms with van der Waals surface area (Å²) in [6, 6.07) is 20.1. The number of ether oxygens (including phenoxy) is 1. The molecule has 0 spiro atoms. The van der Waals surface area contributed by atoms with Crippen LogP contribution in [0.2, 0.25) is 0 Å². The smallest absolute Gasteiger partial charge is 0.321 e. The summed E-state index contributed by atoms with van der Waals surface area (Å²) in [5.41, 5.74) is 2.78. The van der Waals surface area contributed by atoms with Gasteiger partial charge in [0.1, 0.15) is 11.7 Å². The Morgan fingerprint density at radius 2 is 1.83 bits per heavy atom. The molecule has 2 heterocycles. The zero-order valence-electron chi connectivity index (χ0n) is 20.8. The van der Waals surface area contributed by atoms with Gasteiger partial charge < -0.3 is 25.0 Å². The number of aromatic nitrogens is 1. The summed E-state index contributed by atoms with van der Waals surface area (Å²) in [6.45, 7) is 4.28. The summed E-state index contributed by atoms with van der Waals surface area (Å²) in [6.07, 6.45) is 1.27. The van der Waals surface area contributed by atoms with Crippen molar-refractivity contribution in [3.63, 3.8) is 0 Å². The Kier molecular flexibility index (Phi) is 7.85. The molecular weight excluding hydrogens is 456 g/mol. The number of para-hydroxylation sites is 1. The molecule has 2 N–H and O–H groups in total. The number of anilines is 1. The van der Waals surface area contributed by atoms with Crippen LogP contribution in [0.3, 0.4) is 0 Å². The lowest BCUT2D eigenvalue weighted by atomic mass is 9.99. The number of hydrogen-bond acceptors (Lipinski definition) is 5. The zero-order valence-corrected chi connectivity index (χ0v) is 20.8. The number of carbonyl (C=O) groups excluding carboxylic acids is 2. The fourth-order valence-corrected chi connectivity index (χ4v) is 4.20. The Morgan fingerprint density at radius 1 is 1.17 bits per heavy atom. The number of urea groups is 1. The quantitative estimate of drug-likeness (QED) is 0.544. The number of rotatable bonds is 6. The van der Waals surface area contributed by atoms with E-state index in [0.29, 0.717) is 17.8 Å². The lowest BCUT2D eigenvalue weighted by Crippen LogP contribution is -2.50. The van der Waals surface area contributed by atoms with Crippen LogP contribution in [0.1, 0.15) is 24.2 Å². The van der Waals surface area contributed by atoms with Crippen molar-refractivity contribution in [3.8, 4) is 17.0 Å². The van der Waals surface area contributed by atoms with Gasteiger partial charge in [-0.15, -0.1) is 0 Å². The number of fused-ring (bicyclic) bond motifs is 1. The highest BCUT2D eigenvalue weighted by Gasteiger charge is 2.34. The second-order valence-corrected chi connectivity index (χ2v) is 9.24. The van der Waals surface area contributed by atoms with Crippen molar-refractivity contribution < 1.29 is 19.4 Å². The Morgan fingerprint density at radius 3 is 2.50 bits per heavy atom. The van der Waals surface area contributed by atoms with E-state index in [4.69, 9.17) is 4.74 Å². The van der Waals surface area contributed by atoms with Crippen LogP contribution in [0.5, 0.6) is 5.88 Å². The van der Waals surface area contributed by atoms with Crippen LogP contribution in [0.15, 0.2) is 72.9 Å². The van der Waals surface area contributed by atoms with E-state index in [9.17, 15) is 14.7 Å². The lowest BCUT2D eigenvalue weighted by Gasteiger charge is -2.37. The maximum atomic E-state index is 13.6. The van der Waals surface area contributed by atoms with Crippen LogP contribution in [0.25, 0.3) is 11.1 Å². The monoisotopic (exact) mass is 488 g/mol. The van der Waals surface area contributed by atoms with Crippen molar-refractivity contribution in [1.29, 1.82) is 0 Å². The van der Waals surface area contributed by atoms with E-state index in [-0.39, 0.29) is 42.9 Å². The molecule has 188 valence electrons. The van der Waals surface area contributed by atoms with Crippen molar-refractivity contribution in [2.24, 2.45) is 5.92 Å². The van der Waals surface area contributed by atoms with Gasteiger partial charge >= 0.3 is 6.03 Å². The number of amides is 3. The first-order valence-corrected chi connectivity index (χ1v) is 12.1.